The first kappa shape index (κ1) is 13.5. The Balaban J connectivity index is 1.56. The summed E-state index contributed by atoms with van der Waals surface area (Å²) in [6, 6.07) is 9.52. The van der Waals surface area contributed by atoms with Crippen molar-refractivity contribution < 1.29 is 0 Å². The van der Waals surface area contributed by atoms with Gasteiger partial charge in [-0.15, -0.1) is 11.8 Å². The van der Waals surface area contributed by atoms with E-state index in [9.17, 15) is 0 Å². The van der Waals surface area contributed by atoms with Gasteiger partial charge in [0, 0.05) is 10.9 Å². The van der Waals surface area contributed by atoms with Gasteiger partial charge in [-0.05, 0) is 55.0 Å². The first-order valence-electron chi connectivity index (χ1n) is 7.78. The Bertz CT molecular complexity index is 409. The molecule has 1 aromatic rings. The van der Waals surface area contributed by atoms with Crippen molar-refractivity contribution in [3.8, 4) is 0 Å². The third-order valence-corrected chi connectivity index (χ3v) is 5.87. The Morgan fingerprint density at radius 1 is 1.11 bits per heavy atom. The number of fused-ring (bicyclic) bond motifs is 1. The molecule has 1 aliphatic heterocycles. The Kier molecular flexibility index (Phi) is 4.49. The summed E-state index contributed by atoms with van der Waals surface area (Å²) >= 11 is 2.01. The maximum Gasteiger partial charge on any atom is 0.0339 e. The summed E-state index contributed by atoms with van der Waals surface area (Å²) in [5.41, 5.74) is 1.53. The molecule has 3 rings (SSSR count). The molecule has 0 bridgehead atoms. The normalized spacial score (nSPS) is 30.9. The summed E-state index contributed by atoms with van der Waals surface area (Å²) in [5.74, 6) is 3.14. The minimum atomic E-state index is 0.594. The van der Waals surface area contributed by atoms with Crippen molar-refractivity contribution >= 4 is 11.8 Å². The smallest absolute Gasteiger partial charge is 0.0339 e. The molecule has 1 fully saturated rings. The highest BCUT2D eigenvalue weighted by Gasteiger charge is 2.22. The molecule has 2 heteroatoms. The van der Waals surface area contributed by atoms with Crippen molar-refractivity contribution in [2.24, 2.45) is 11.8 Å². The average molecular weight is 275 g/mol. The molecule has 19 heavy (non-hydrogen) atoms. The summed E-state index contributed by atoms with van der Waals surface area (Å²) < 4.78 is 0. The molecule has 0 radical (unpaired) electrons. The van der Waals surface area contributed by atoms with Crippen LogP contribution >= 0.6 is 11.8 Å². The zero-order valence-electron chi connectivity index (χ0n) is 11.9. The van der Waals surface area contributed by atoms with Crippen LogP contribution in [0.4, 0.5) is 0 Å². The standard InChI is InChI=1S/C17H25NS/c1-13-6-8-14(9-7-13)12-18-16-10-11-19-17-5-3-2-4-15(16)17/h2-5,13-14,16,18H,6-12H2,1H3. The minimum absolute atomic E-state index is 0.594. The molecular formula is C17H25NS. The monoisotopic (exact) mass is 275 g/mol. The van der Waals surface area contributed by atoms with Gasteiger partial charge in [0.1, 0.15) is 0 Å². The third-order valence-electron chi connectivity index (χ3n) is 4.75. The van der Waals surface area contributed by atoms with Crippen LogP contribution in [0.2, 0.25) is 0 Å². The molecule has 0 spiro atoms. The molecule has 1 aromatic carbocycles. The summed E-state index contributed by atoms with van der Waals surface area (Å²) in [6.45, 7) is 3.62. The van der Waals surface area contributed by atoms with E-state index in [-0.39, 0.29) is 0 Å². The molecule has 1 N–H and O–H groups in total. The van der Waals surface area contributed by atoms with Gasteiger partial charge >= 0.3 is 0 Å². The van der Waals surface area contributed by atoms with Gasteiger partial charge in [0.05, 0.1) is 0 Å². The Morgan fingerprint density at radius 2 is 1.89 bits per heavy atom. The predicted molar refractivity (Wildman–Crippen MR) is 83.6 cm³/mol. The Morgan fingerprint density at radius 3 is 2.74 bits per heavy atom. The van der Waals surface area contributed by atoms with E-state index in [0.717, 1.165) is 11.8 Å². The first-order chi connectivity index (χ1) is 9.33. The van der Waals surface area contributed by atoms with Crippen LogP contribution in [-0.4, -0.2) is 12.3 Å². The quantitative estimate of drug-likeness (QED) is 0.862. The van der Waals surface area contributed by atoms with Crippen LogP contribution in [0.1, 0.15) is 50.6 Å². The molecule has 1 atom stereocenters. The first-order valence-corrected chi connectivity index (χ1v) is 8.76. The fraction of sp³-hybridized carbons (Fsp3) is 0.647. The van der Waals surface area contributed by atoms with Gasteiger partial charge in [-0.25, -0.2) is 0 Å². The van der Waals surface area contributed by atoms with E-state index < -0.39 is 0 Å². The maximum absolute atomic E-state index is 3.85. The summed E-state index contributed by atoms with van der Waals surface area (Å²) in [7, 11) is 0. The number of hydrogen-bond donors (Lipinski definition) is 1. The van der Waals surface area contributed by atoms with Gasteiger partial charge in [0.15, 0.2) is 0 Å². The lowest BCUT2D eigenvalue weighted by Crippen LogP contribution is -2.31. The molecule has 104 valence electrons. The molecule has 0 aromatic heterocycles. The van der Waals surface area contributed by atoms with Crippen LogP contribution in [0.25, 0.3) is 0 Å². The number of thioether (sulfide) groups is 1. The lowest BCUT2D eigenvalue weighted by Gasteiger charge is -2.30. The molecule has 2 aliphatic rings. The minimum Gasteiger partial charge on any atom is -0.310 e. The zero-order valence-corrected chi connectivity index (χ0v) is 12.7. The van der Waals surface area contributed by atoms with Crippen molar-refractivity contribution in [3.05, 3.63) is 29.8 Å². The number of benzene rings is 1. The van der Waals surface area contributed by atoms with Gasteiger partial charge < -0.3 is 5.32 Å². The molecule has 1 nitrogen and oxygen atoms in total. The number of nitrogens with one attached hydrogen (secondary N) is 1. The van der Waals surface area contributed by atoms with E-state index in [4.69, 9.17) is 0 Å². The largest absolute Gasteiger partial charge is 0.310 e. The van der Waals surface area contributed by atoms with Crippen LogP contribution in [0.5, 0.6) is 0 Å². The predicted octanol–water partition coefficient (Wildman–Crippen LogP) is 4.64. The molecule has 1 unspecified atom stereocenters. The van der Waals surface area contributed by atoms with Crippen LogP contribution in [-0.2, 0) is 0 Å². The van der Waals surface area contributed by atoms with Crippen molar-refractivity contribution in [1.29, 1.82) is 0 Å². The van der Waals surface area contributed by atoms with E-state index in [0.29, 0.717) is 6.04 Å². The highest BCUT2D eigenvalue weighted by atomic mass is 32.2. The number of hydrogen-bond acceptors (Lipinski definition) is 2. The lowest BCUT2D eigenvalue weighted by atomic mass is 9.83. The summed E-state index contributed by atoms with van der Waals surface area (Å²) in [4.78, 5) is 1.49. The number of rotatable bonds is 3. The Labute approximate surface area is 121 Å². The van der Waals surface area contributed by atoms with Gasteiger partial charge in [-0.3, -0.25) is 0 Å². The van der Waals surface area contributed by atoms with Crippen LogP contribution in [0.3, 0.4) is 0 Å². The zero-order chi connectivity index (χ0) is 13.1. The lowest BCUT2D eigenvalue weighted by molar-refractivity contribution is 0.273. The average Bonchev–Trinajstić information content (AvgIpc) is 2.47. The van der Waals surface area contributed by atoms with Gasteiger partial charge in [0.2, 0.25) is 0 Å². The third kappa shape index (κ3) is 3.35. The van der Waals surface area contributed by atoms with E-state index in [1.54, 1.807) is 0 Å². The fourth-order valence-electron chi connectivity index (χ4n) is 3.40. The molecule has 1 aliphatic carbocycles. The highest BCUT2D eigenvalue weighted by Crippen LogP contribution is 2.36. The van der Waals surface area contributed by atoms with E-state index in [2.05, 4.69) is 36.5 Å². The van der Waals surface area contributed by atoms with Gasteiger partial charge in [-0.2, -0.15) is 0 Å². The van der Waals surface area contributed by atoms with Crippen LogP contribution < -0.4 is 5.32 Å². The summed E-state index contributed by atoms with van der Waals surface area (Å²) in [5, 5.41) is 3.85. The van der Waals surface area contributed by atoms with E-state index >= 15 is 0 Å². The van der Waals surface area contributed by atoms with E-state index in [1.807, 2.05) is 11.8 Å². The molecule has 1 heterocycles. The molecule has 0 saturated heterocycles. The van der Waals surface area contributed by atoms with Crippen molar-refractivity contribution in [2.45, 2.75) is 50.0 Å². The molecule has 0 amide bonds. The molecular weight excluding hydrogens is 250 g/mol. The van der Waals surface area contributed by atoms with Crippen molar-refractivity contribution in [2.75, 3.05) is 12.3 Å². The fourth-order valence-corrected chi connectivity index (χ4v) is 4.52. The van der Waals surface area contributed by atoms with Gasteiger partial charge in [-0.1, -0.05) is 38.0 Å². The highest BCUT2D eigenvalue weighted by molar-refractivity contribution is 7.99. The SMILES string of the molecule is CC1CCC(CNC2CCSc3ccccc32)CC1. The van der Waals surface area contributed by atoms with Crippen molar-refractivity contribution in [1.82, 2.24) is 5.32 Å². The second-order valence-corrected chi connectivity index (χ2v) is 7.40. The van der Waals surface area contributed by atoms with Crippen molar-refractivity contribution in [3.63, 3.8) is 0 Å². The maximum atomic E-state index is 3.85. The Hall–Kier alpha value is -0.470. The molecule has 1 saturated carbocycles. The van der Waals surface area contributed by atoms with E-state index in [1.165, 1.54) is 54.9 Å². The van der Waals surface area contributed by atoms with Crippen LogP contribution in [0, 0.1) is 11.8 Å². The second kappa shape index (κ2) is 6.32. The van der Waals surface area contributed by atoms with Crippen LogP contribution in [0.15, 0.2) is 29.2 Å². The second-order valence-electron chi connectivity index (χ2n) is 6.26. The summed E-state index contributed by atoms with van der Waals surface area (Å²) in [6.07, 6.45) is 7.01. The topological polar surface area (TPSA) is 12.0 Å². The van der Waals surface area contributed by atoms with Gasteiger partial charge in [0.25, 0.3) is 0 Å².